The SMILES string of the molecule is CCNC(=O)CNCCCCN(C)C(C)C. The van der Waals surface area contributed by atoms with Crippen molar-refractivity contribution in [2.45, 2.75) is 39.7 Å². The van der Waals surface area contributed by atoms with Crippen molar-refractivity contribution < 1.29 is 4.79 Å². The molecule has 0 heterocycles. The third kappa shape index (κ3) is 8.68. The van der Waals surface area contributed by atoms with Gasteiger partial charge in [-0.3, -0.25) is 4.79 Å². The summed E-state index contributed by atoms with van der Waals surface area (Å²) in [5, 5.41) is 5.90. The molecule has 0 spiro atoms. The van der Waals surface area contributed by atoms with Crippen LogP contribution in [0.2, 0.25) is 0 Å². The maximum Gasteiger partial charge on any atom is 0.233 e. The summed E-state index contributed by atoms with van der Waals surface area (Å²) in [6.07, 6.45) is 2.30. The number of unbranched alkanes of at least 4 members (excludes halogenated alkanes) is 1. The number of hydrogen-bond donors (Lipinski definition) is 2. The summed E-state index contributed by atoms with van der Waals surface area (Å²) in [5.74, 6) is 0.0850. The fourth-order valence-electron chi connectivity index (χ4n) is 1.33. The summed E-state index contributed by atoms with van der Waals surface area (Å²) in [6, 6.07) is 0.614. The first-order chi connectivity index (χ1) is 7.57. The summed E-state index contributed by atoms with van der Waals surface area (Å²) in [7, 11) is 2.15. The van der Waals surface area contributed by atoms with E-state index in [1.54, 1.807) is 0 Å². The predicted molar refractivity (Wildman–Crippen MR) is 68.6 cm³/mol. The zero-order valence-corrected chi connectivity index (χ0v) is 11.2. The largest absolute Gasteiger partial charge is 0.355 e. The lowest BCUT2D eigenvalue weighted by molar-refractivity contribution is -0.120. The monoisotopic (exact) mass is 229 g/mol. The Hall–Kier alpha value is -0.610. The van der Waals surface area contributed by atoms with E-state index in [-0.39, 0.29) is 5.91 Å². The molecule has 0 atom stereocenters. The average Bonchev–Trinajstić information content (AvgIpc) is 2.23. The molecule has 16 heavy (non-hydrogen) atoms. The van der Waals surface area contributed by atoms with Crippen LogP contribution < -0.4 is 10.6 Å². The molecule has 96 valence electrons. The molecule has 0 aromatic heterocycles. The van der Waals surface area contributed by atoms with Crippen molar-refractivity contribution in [3.05, 3.63) is 0 Å². The van der Waals surface area contributed by atoms with Crippen molar-refractivity contribution in [3.63, 3.8) is 0 Å². The van der Waals surface area contributed by atoms with Crippen molar-refractivity contribution in [1.29, 1.82) is 0 Å². The van der Waals surface area contributed by atoms with Crippen LogP contribution in [0.3, 0.4) is 0 Å². The molecule has 0 radical (unpaired) electrons. The van der Waals surface area contributed by atoms with Crippen molar-refractivity contribution >= 4 is 5.91 Å². The van der Waals surface area contributed by atoms with Gasteiger partial charge in [-0.05, 0) is 53.8 Å². The van der Waals surface area contributed by atoms with Crippen LogP contribution >= 0.6 is 0 Å². The number of hydrogen-bond acceptors (Lipinski definition) is 3. The van der Waals surface area contributed by atoms with E-state index in [0.29, 0.717) is 19.1 Å². The Balaban J connectivity index is 3.24. The number of carbonyl (C=O) groups is 1. The lowest BCUT2D eigenvalue weighted by Crippen LogP contribution is -2.34. The maximum absolute atomic E-state index is 11.1. The molecule has 0 fully saturated rings. The topological polar surface area (TPSA) is 44.4 Å². The van der Waals surface area contributed by atoms with E-state index in [9.17, 15) is 4.79 Å². The molecule has 0 saturated carbocycles. The molecule has 0 aliphatic rings. The van der Waals surface area contributed by atoms with Gasteiger partial charge < -0.3 is 15.5 Å². The molecular formula is C12H27N3O. The van der Waals surface area contributed by atoms with Crippen LogP contribution in [0, 0.1) is 0 Å². The second-order valence-corrected chi connectivity index (χ2v) is 4.41. The van der Waals surface area contributed by atoms with Crippen molar-refractivity contribution in [2.75, 3.05) is 33.2 Å². The minimum atomic E-state index is 0.0850. The van der Waals surface area contributed by atoms with Gasteiger partial charge in [0.1, 0.15) is 0 Å². The third-order valence-electron chi connectivity index (χ3n) is 2.66. The number of nitrogens with zero attached hydrogens (tertiary/aromatic N) is 1. The number of nitrogens with one attached hydrogen (secondary N) is 2. The second-order valence-electron chi connectivity index (χ2n) is 4.41. The minimum Gasteiger partial charge on any atom is -0.355 e. The fourth-order valence-corrected chi connectivity index (χ4v) is 1.33. The average molecular weight is 229 g/mol. The number of amides is 1. The molecule has 1 amide bonds. The molecular weight excluding hydrogens is 202 g/mol. The van der Waals surface area contributed by atoms with Crippen LogP contribution in [0.1, 0.15) is 33.6 Å². The summed E-state index contributed by atoms with van der Waals surface area (Å²) < 4.78 is 0. The molecule has 0 unspecified atom stereocenters. The molecule has 0 aliphatic carbocycles. The van der Waals surface area contributed by atoms with Gasteiger partial charge >= 0.3 is 0 Å². The van der Waals surface area contributed by atoms with E-state index in [0.717, 1.165) is 19.5 Å². The van der Waals surface area contributed by atoms with Crippen molar-refractivity contribution in [1.82, 2.24) is 15.5 Å². The molecule has 0 aromatic rings. The van der Waals surface area contributed by atoms with Crippen molar-refractivity contribution in [3.8, 4) is 0 Å². The molecule has 0 aliphatic heterocycles. The highest BCUT2D eigenvalue weighted by Crippen LogP contribution is 1.96. The number of likely N-dealkylation sites (N-methyl/N-ethyl adjacent to an activating group) is 1. The van der Waals surface area contributed by atoms with E-state index in [4.69, 9.17) is 0 Å². The van der Waals surface area contributed by atoms with Crippen LogP contribution in [0.4, 0.5) is 0 Å². The van der Waals surface area contributed by atoms with Gasteiger partial charge in [-0.15, -0.1) is 0 Å². The Bertz CT molecular complexity index is 183. The normalized spacial score (nSPS) is 11.1. The first-order valence-corrected chi connectivity index (χ1v) is 6.25. The first kappa shape index (κ1) is 15.4. The van der Waals surface area contributed by atoms with E-state index in [2.05, 4.69) is 36.4 Å². The summed E-state index contributed by atoms with van der Waals surface area (Å²) in [6.45, 7) is 9.53. The van der Waals surface area contributed by atoms with Gasteiger partial charge in [-0.25, -0.2) is 0 Å². The summed E-state index contributed by atoms with van der Waals surface area (Å²) in [5.41, 5.74) is 0. The zero-order chi connectivity index (χ0) is 12.4. The number of rotatable bonds is 9. The van der Waals surface area contributed by atoms with Crippen LogP contribution in [-0.2, 0) is 4.79 Å². The first-order valence-electron chi connectivity index (χ1n) is 6.25. The van der Waals surface area contributed by atoms with Crippen LogP contribution in [0.15, 0.2) is 0 Å². The highest BCUT2D eigenvalue weighted by Gasteiger charge is 2.02. The molecule has 0 saturated heterocycles. The minimum absolute atomic E-state index is 0.0850. The van der Waals surface area contributed by atoms with Gasteiger partial charge in [0.05, 0.1) is 6.54 Å². The molecule has 2 N–H and O–H groups in total. The predicted octanol–water partition coefficient (Wildman–Crippen LogP) is 0.833. The Labute approximate surface area is 99.8 Å². The standard InChI is InChI=1S/C12H27N3O/c1-5-14-12(16)10-13-8-6-7-9-15(4)11(2)3/h11,13H,5-10H2,1-4H3,(H,14,16). The summed E-state index contributed by atoms with van der Waals surface area (Å²) >= 11 is 0. The van der Waals surface area contributed by atoms with Crippen LogP contribution in [-0.4, -0.2) is 50.1 Å². The molecule has 4 heteroatoms. The van der Waals surface area contributed by atoms with Crippen LogP contribution in [0.25, 0.3) is 0 Å². The second kappa shape index (κ2) is 9.60. The Morgan fingerprint density at radius 2 is 2.00 bits per heavy atom. The van der Waals surface area contributed by atoms with E-state index >= 15 is 0 Å². The highest BCUT2D eigenvalue weighted by atomic mass is 16.1. The molecule has 4 nitrogen and oxygen atoms in total. The van der Waals surface area contributed by atoms with Gasteiger partial charge in [0.2, 0.25) is 5.91 Å². The van der Waals surface area contributed by atoms with Crippen LogP contribution in [0.5, 0.6) is 0 Å². The van der Waals surface area contributed by atoms with Gasteiger partial charge in [-0.1, -0.05) is 0 Å². The van der Waals surface area contributed by atoms with Gasteiger partial charge in [0.15, 0.2) is 0 Å². The fraction of sp³-hybridized carbons (Fsp3) is 0.917. The smallest absolute Gasteiger partial charge is 0.233 e. The Morgan fingerprint density at radius 1 is 1.31 bits per heavy atom. The molecule has 0 rings (SSSR count). The van der Waals surface area contributed by atoms with Gasteiger partial charge in [0, 0.05) is 12.6 Å². The lowest BCUT2D eigenvalue weighted by Gasteiger charge is -2.20. The highest BCUT2D eigenvalue weighted by molar-refractivity contribution is 5.77. The molecule has 0 bridgehead atoms. The van der Waals surface area contributed by atoms with E-state index in [1.165, 1.54) is 6.42 Å². The maximum atomic E-state index is 11.1. The van der Waals surface area contributed by atoms with Crippen molar-refractivity contribution in [2.24, 2.45) is 0 Å². The van der Waals surface area contributed by atoms with E-state index in [1.807, 2.05) is 6.92 Å². The van der Waals surface area contributed by atoms with E-state index < -0.39 is 0 Å². The van der Waals surface area contributed by atoms with Gasteiger partial charge in [0.25, 0.3) is 0 Å². The van der Waals surface area contributed by atoms with Gasteiger partial charge in [-0.2, -0.15) is 0 Å². The Morgan fingerprint density at radius 3 is 2.56 bits per heavy atom. The third-order valence-corrected chi connectivity index (χ3v) is 2.66. The molecule has 0 aromatic carbocycles. The zero-order valence-electron chi connectivity index (χ0n) is 11.2. The Kier molecular flexibility index (Phi) is 9.24. The number of carbonyl (C=O) groups excluding carboxylic acids is 1. The summed E-state index contributed by atoms with van der Waals surface area (Å²) in [4.78, 5) is 13.4. The lowest BCUT2D eigenvalue weighted by atomic mass is 10.2. The quantitative estimate of drug-likeness (QED) is 0.576.